The molecule has 2 aromatic rings. The first-order valence-corrected chi connectivity index (χ1v) is 7.74. The van der Waals surface area contributed by atoms with Crippen molar-refractivity contribution >= 4 is 68.1 Å². The van der Waals surface area contributed by atoms with Crippen molar-refractivity contribution in [3.8, 4) is 0 Å². The average Bonchev–Trinajstić information content (AvgIpc) is 2.43. The summed E-state index contributed by atoms with van der Waals surface area (Å²) in [6.45, 7) is 0. The van der Waals surface area contributed by atoms with Gasteiger partial charge >= 0.3 is 0 Å². The first-order chi connectivity index (χ1) is 9.95. The molecular weight excluding hydrogens is 395 g/mol. The molecule has 0 atom stereocenters. The van der Waals surface area contributed by atoms with Gasteiger partial charge in [-0.2, -0.15) is 0 Å². The Morgan fingerprint density at radius 1 is 1.10 bits per heavy atom. The van der Waals surface area contributed by atoms with Gasteiger partial charge in [-0.05, 0) is 48.6 Å². The summed E-state index contributed by atoms with van der Waals surface area (Å²) in [5, 5.41) is 6.50. The van der Waals surface area contributed by atoms with Gasteiger partial charge in [-0.1, -0.05) is 45.2 Å². The summed E-state index contributed by atoms with van der Waals surface area (Å²) in [4.78, 5) is 12.0. The van der Waals surface area contributed by atoms with Crippen molar-refractivity contribution in [2.45, 2.75) is 0 Å². The lowest BCUT2D eigenvalue weighted by Gasteiger charge is -2.10. The Labute approximate surface area is 145 Å². The number of hydrogen-bond acceptors (Lipinski definition) is 2. The van der Waals surface area contributed by atoms with Gasteiger partial charge in [0.25, 0.3) is 5.91 Å². The van der Waals surface area contributed by atoms with Crippen molar-refractivity contribution in [3.63, 3.8) is 0 Å². The SMILES string of the molecule is O=C(NC(=S)Nc1ccc(Cl)c(Cl)c1)c1cccc(Br)c1. The molecule has 2 N–H and O–H groups in total. The average molecular weight is 404 g/mol. The molecule has 0 aliphatic rings. The van der Waals surface area contributed by atoms with E-state index in [9.17, 15) is 4.79 Å². The highest BCUT2D eigenvalue weighted by atomic mass is 79.9. The van der Waals surface area contributed by atoms with E-state index in [0.29, 0.717) is 21.3 Å². The number of thiocarbonyl (C=S) groups is 1. The van der Waals surface area contributed by atoms with Crippen LogP contribution in [0.2, 0.25) is 10.0 Å². The van der Waals surface area contributed by atoms with Crippen molar-refractivity contribution in [2.75, 3.05) is 5.32 Å². The van der Waals surface area contributed by atoms with E-state index >= 15 is 0 Å². The fourth-order valence-corrected chi connectivity index (χ4v) is 2.45. The standard InChI is InChI=1S/C14H9BrCl2N2OS/c15-9-3-1-2-8(6-9)13(20)19-14(21)18-10-4-5-11(16)12(17)7-10/h1-7H,(H2,18,19,20,21). The summed E-state index contributed by atoms with van der Waals surface area (Å²) in [5.74, 6) is -0.297. The molecule has 0 aliphatic carbocycles. The van der Waals surface area contributed by atoms with E-state index in [-0.39, 0.29) is 11.0 Å². The Balaban J connectivity index is 2.01. The zero-order valence-corrected chi connectivity index (χ0v) is 14.4. The zero-order valence-electron chi connectivity index (χ0n) is 10.5. The second-order valence-electron chi connectivity index (χ2n) is 4.05. The second kappa shape index (κ2) is 7.22. The van der Waals surface area contributed by atoms with Crippen LogP contribution in [0.4, 0.5) is 5.69 Å². The number of benzene rings is 2. The highest BCUT2D eigenvalue weighted by Gasteiger charge is 2.08. The van der Waals surface area contributed by atoms with E-state index in [1.165, 1.54) is 0 Å². The van der Waals surface area contributed by atoms with Crippen molar-refractivity contribution < 1.29 is 4.79 Å². The summed E-state index contributed by atoms with van der Waals surface area (Å²) in [7, 11) is 0. The van der Waals surface area contributed by atoms with Gasteiger partial charge in [0.1, 0.15) is 0 Å². The third-order valence-electron chi connectivity index (χ3n) is 2.49. The number of anilines is 1. The van der Waals surface area contributed by atoms with Gasteiger partial charge in [-0.25, -0.2) is 0 Å². The summed E-state index contributed by atoms with van der Waals surface area (Å²) in [5.41, 5.74) is 1.15. The third-order valence-corrected chi connectivity index (χ3v) is 3.93. The minimum absolute atomic E-state index is 0.179. The van der Waals surface area contributed by atoms with E-state index in [0.717, 1.165) is 4.47 Å². The molecule has 1 amide bonds. The molecule has 21 heavy (non-hydrogen) atoms. The molecule has 0 bridgehead atoms. The summed E-state index contributed by atoms with van der Waals surface area (Å²) in [6.07, 6.45) is 0. The van der Waals surface area contributed by atoms with Gasteiger partial charge in [0.15, 0.2) is 5.11 Å². The summed E-state index contributed by atoms with van der Waals surface area (Å²) >= 11 is 20.1. The van der Waals surface area contributed by atoms with Crippen LogP contribution in [0, 0.1) is 0 Å². The smallest absolute Gasteiger partial charge is 0.257 e. The van der Waals surface area contributed by atoms with Crippen LogP contribution in [-0.4, -0.2) is 11.0 Å². The lowest BCUT2D eigenvalue weighted by atomic mass is 10.2. The molecule has 0 fully saturated rings. The van der Waals surface area contributed by atoms with Gasteiger partial charge in [-0.15, -0.1) is 0 Å². The van der Waals surface area contributed by atoms with Gasteiger partial charge in [0.05, 0.1) is 10.0 Å². The highest BCUT2D eigenvalue weighted by molar-refractivity contribution is 9.10. The molecule has 2 rings (SSSR count). The van der Waals surface area contributed by atoms with Crippen LogP contribution in [-0.2, 0) is 0 Å². The predicted octanol–water partition coefficient (Wildman–Crippen LogP) is 4.88. The lowest BCUT2D eigenvalue weighted by Crippen LogP contribution is -2.34. The number of hydrogen-bond donors (Lipinski definition) is 2. The van der Waals surface area contributed by atoms with E-state index in [1.54, 1.807) is 36.4 Å². The van der Waals surface area contributed by atoms with Gasteiger partial charge in [0.2, 0.25) is 0 Å². The maximum Gasteiger partial charge on any atom is 0.257 e. The minimum Gasteiger partial charge on any atom is -0.332 e. The fraction of sp³-hybridized carbons (Fsp3) is 0. The Hall–Kier alpha value is -1.14. The second-order valence-corrected chi connectivity index (χ2v) is 6.19. The molecule has 7 heteroatoms. The monoisotopic (exact) mass is 402 g/mol. The van der Waals surface area contributed by atoms with Gasteiger partial charge < -0.3 is 5.32 Å². The molecule has 0 unspecified atom stereocenters. The number of carbonyl (C=O) groups is 1. The van der Waals surface area contributed by atoms with E-state index in [4.69, 9.17) is 35.4 Å². The third kappa shape index (κ3) is 4.68. The fourth-order valence-electron chi connectivity index (χ4n) is 1.54. The summed E-state index contributed by atoms with van der Waals surface area (Å²) in [6, 6.07) is 12.0. The van der Waals surface area contributed by atoms with Crippen molar-refractivity contribution in [2.24, 2.45) is 0 Å². The molecule has 3 nitrogen and oxygen atoms in total. The van der Waals surface area contributed by atoms with Crippen LogP contribution in [0.5, 0.6) is 0 Å². The Bertz CT molecular complexity index is 709. The normalized spacial score (nSPS) is 10.0. The highest BCUT2D eigenvalue weighted by Crippen LogP contribution is 2.24. The van der Waals surface area contributed by atoms with E-state index < -0.39 is 0 Å². The molecule has 0 heterocycles. The number of halogens is 3. The maximum atomic E-state index is 12.0. The van der Waals surface area contributed by atoms with Crippen LogP contribution in [0.15, 0.2) is 46.9 Å². The summed E-state index contributed by atoms with van der Waals surface area (Å²) < 4.78 is 0.818. The van der Waals surface area contributed by atoms with Gasteiger partial charge in [0, 0.05) is 15.7 Å². The molecule has 0 spiro atoms. The molecule has 0 saturated heterocycles. The number of carbonyl (C=O) groups excluding carboxylic acids is 1. The molecule has 0 saturated carbocycles. The Kier molecular flexibility index (Phi) is 5.58. The number of amides is 1. The van der Waals surface area contributed by atoms with Gasteiger partial charge in [-0.3, -0.25) is 10.1 Å². The first kappa shape index (κ1) is 16.2. The lowest BCUT2D eigenvalue weighted by molar-refractivity contribution is 0.0977. The predicted molar refractivity (Wildman–Crippen MR) is 94.3 cm³/mol. The van der Waals surface area contributed by atoms with Crippen molar-refractivity contribution in [1.29, 1.82) is 0 Å². The molecule has 0 aromatic heterocycles. The number of rotatable bonds is 2. The van der Waals surface area contributed by atoms with Crippen LogP contribution < -0.4 is 10.6 Å². The Morgan fingerprint density at radius 3 is 2.52 bits per heavy atom. The molecule has 2 aromatic carbocycles. The van der Waals surface area contributed by atoms with Crippen molar-refractivity contribution in [1.82, 2.24) is 5.32 Å². The largest absolute Gasteiger partial charge is 0.332 e. The van der Waals surface area contributed by atoms with Crippen LogP contribution in [0.1, 0.15) is 10.4 Å². The molecule has 0 aliphatic heterocycles. The topological polar surface area (TPSA) is 41.1 Å². The van der Waals surface area contributed by atoms with E-state index in [2.05, 4.69) is 26.6 Å². The zero-order chi connectivity index (χ0) is 15.4. The van der Waals surface area contributed by atoms with Crippen molar-refractivity contribution in [3.05, 3.63) is 62.5 Å². The number of nitrogens with one attached hydrogen (secondary N) is 2. The van der Waals surface area contributed by atoms with Crippen LogP contribution >= 0.6 is 51.3 Å². The van der Waals surface area contributed by atoms with Crippen LogP contribution in [0.25, 0.3) is 0 Å². The molecular formula is C14H9BrCl2N2OS. The molecule has 0 radical (unpaired) electrons. The first-order valence-electron chi connectivity index (χ1n) is 5.78. The quantitative estimate of drug-likeness (QED) is 0.702. The maximum absolute atomic E-state index is 12.0. The Morgan fingerprint density at radius 2 is 1.86 bits per heavy atom. The van der Waals surface area contributed by atoms with Crippen LogP contribution in [0.3, 0.4) is 0 Å². The minimum atomic E-state index is -0.297. The van der Waals surface area contributed by atoms with E-state index in [1.807, 2.05) is 6.07 Å². The molecule has 108 valence electrons.